The molecule has 1 aliphatic heterocycles. The van der Waals surface area contributed by atoms with Gasteiger partial charge in [0.2, 0.25) is 5.88 Å². The Hall–Kier alpha value is -3.19. The molecule has 29 heavy (non-hydrogen) atoms. The zero-order chi connectivity index (χ0) is 20.2. The molecular weight excluding hydrogens is 389 g/mol. The molecule has 0 unspecified atom stereocenters. The third-order valence-corrected chi connectivity index (χ3v) is 5.51. The maximum Gasteiger partial charge on any atom is 0.251 e. The van der Waals surface area contributed by atoms with Gasteiger partial charge in [-0.25, -0.2) is 14.4 Å². The number of fused-ring (bicyclic) bond motifs is 2. The molecule has 2 heterocycles. The van der Waals surface area contributed by atoms with Gasteiger partial charge in [0.25, 0.3) is 5.91 Å². The van der Waals surface area contributed by atoms with E-state index in [2.05, 4.69) is 10.3 Å². The first kappa shape index (κ1) is 19.1. The molecule has 1 N–H and O–H groups in total. The van der Waals surface area contributed by atoms with Gasteiger partial charge in [-0.1, -0.05) is 36.0 Å². The molecule has 0 spiro atoms. The van der Waals surface area contributed by atoms with Crippen molar-refractivity contribution < 1.29 is 13.9 Å². The highest BCUT2D eigenvalue weighted by Crippen LogP contribution is 2.41. The van der Waals surface area contributed by atoms with Crippen molar-refractivity contribution in [3.8, 4) is 5.88 Å². The minimum Gasteiger partial charge on any atom is -0.481 e. The monoisotopic (exact) mass is 407 g/mol. The number of carbonyl (C=O) groups is 1. The number of hydrogen-bond donors (Lipinski definition) is 1. The van der Waals surface area contributed by atoms with E-state index in [1.807, 2.05) is 42.5 Å². The summed E-state index contributed by atoms with van der Waals surface area (Å²) in [6, 6.07) is 18.8. The molecule has 0 atom stereocenters. The van der Waals surface area contributed by atoms with E-state index in [1.165, 1.54) is 0 Å². The molecule has 146 valence electrons. The molecule has 2 aromatic carbocycles. The predicted octanol–water partition coefficient (Wildman–Crippen LogP) is 4.42. The fourth-order valence-electron chi connectivity index (χ4n) is 3.00. The second-order valence-corrected chi connectivity index (χ2v) is 7.33. The van der Waals surface area contributed by atoms with E-state index >= 15 is 0 Å². The summed E-state index contributed by atoms with van der Waals surface area (Å²) in [5.41, 5.74) is 3.44. The molecule has 7 heteroatoms. The number of aromatic nitrogens is 1. The third-order valence-electron chi connectivity index (χ3n) is 4.37. The van der Waals surface area contributed by atoms with Crippen LogP contribution in [0.25, 0.3) is 0 Å². The van der Waals surface area contributed by atoms with Crippen molar-refractivity contribution in [3.63, 3.8) is 0 Å². The number of nitrogens with one attached hydrogen (secondary N) is 1. The van der Waals surface area contributed by atoms with Crippen LogP contribution >= 0.6 is 11.8 Å². The van der Waals surface area contributed by atoms with Crippen molar-refractivity contribution in [3.05, 3.63) is 77.5 Å². The van der Waals surface area contributed by atoms with Crippen LogP contribution in [0, 0.1) is 0 Å². The number of rotatable bonds is 5. The number of nitrogens with zero attached hydrogens (tertiary/aromatic N) is 2. The smallest absolute Gasteiger partial charge is 0.251 e. The van der Waals surface area contributed by atoms with Gasteiger partial charge in [-0.05, 0) is 30.3 Å². The number of benzene rings is 2. The summed E-state index contributed by atoms with van der Waals surface area (Å²) in [7, 11) is 1.57. The van der Waals surface area contributed by atoms with E-state index in [0.29, 0.717) is 28.5 Å². The molecule has 0 aliphatic carbocycles. The number of methoxy groups -OCH3 is 1. The number of pyridine rings is 1. The summed E-state index contributed by atoms with van der Waals surface area (Å²) < 4.78 is 17.7. The van der Waals surface area contributed by atoms with Gasteiger partial charge in [0.05, 0.1) is 24.2 Å². The number of carbonyl (C=O) groups excluding carboxylic acids is 1. The van der Waals surface area contributed by atoms with E-state index < -0.39 is 6.67 Å². The van der Waals surface area contributed by atoms with Crippen molar-refractivity contribution in [1.29, 1.82) is 0 Å². The lowest BCUT2D eigenvalue weighted by Crippen LogP contribution is -2.25. The molecule has 0 radical (unpaired) electrons. The minimum atomic E-state index is -0.606. The number of hydrogen-bond acceptors (Lipinski definition) is 5. The minimum absolute atomic E-state index is 0.0155. The van der Waals surface area contributed by atoms with E-state index in [1.54, 1.807) is 37.1 Å². The second kappa shape index (κ2) is 8.45. The molecule has 0 bridgehead atoms. The van der Waals surface area contributed by atoms with Gasteiger partial charge in [0, 0.05) is 33.5 Å². The van der Waals surface area contributed by atoms with Gasteiger partial charge in [0.15, 0.2) is 0 Å². The SMILES string of the molecule is COc1cccc(C2=Nc3cc(C(=O)NCCF)ccc3Sc3ccccc32)n1. The van der Waals surface area contributed by atoms with Crippen LogP contribution in [-0.2, 0) is 0 Å². The number of alkyl halides is 1. The van der Waals surface area contributed by atoms with Crippen molar-refractivity contribution in [2.24, 2.45) is 4.99 Å². The van der Waals surface area contributed by atoms with Crippen LogP contribution in [0.15, 0.2) is 75.4 Å². The third kappa shape index (κ3) is 4.00. The van der Waals surface area contributed by atoms with Crippen LogP contribution in [0.4, 0.5) is 10.1 Å². The van der Waals surface area contributed by atoms with Gasteiger partial charge in [-0.15, -0.1) is 0 Å². The Balaban J connectivity index is 1.85. The molecule has 1 aromatic heterocycles. The summed E-state index contributed by atoms with van der Waals surface area (Å²) in [5, 5.41) is 2.55. The Kier molecular flexibility index (Phi) is 5.57. The Morgan fingerprint density at radius 2 is 1.97 bits per heavy atom. The van der Waals surface area contributed by atoms with E-state index in [9.17, 15) is 9.18 Å². The standard InChI is InChI=1S/C22H18FN3O2S/c1-28-20-8-4-6-16(25-20)21-15-5-2-3-7-18(15)29-19-10-9-14(13-17(19)26-21)22(27)24-12-11-23/h2-10,13H,11-12H2,1H3,(H,24,27). The first-order chi connectivity index (χ1) is 14.2. The average Bonchev–Trinajstić information content (AvgIpc) is 2.93. The second-order valence-electron chi connectivity index (χ2n) is 6.25. The van der Waals surface area contributed by atoms with Crippen molar-refractivity contribution >= 4 is 29.1 Å². The van der Waals surface area contributed by atoms with Gasteiger partial charge in [-0.3, -0.25) is 4.79 Å². The summed E-state index contributed by atoms with van der Waals surface area (Å²) in [6.45, 7) is -0.621. The Morgan fingerprint density at radius 3 is 2.79 bits per heavy atom. The van der Waals surface area contributed by atoms with E-state index in [-0.39, 0.29) is 12.5 Å². The van der Waals surface area contributed by atoms with Crippen molar-refractivity contribution in [2.45, 2.75) is 9.79 Å². The predicted molar refractivity (Wildman–Crippen MR) is 111 cm³/mol. The molecule has 1 amide bonds. The molecule has 0 saturated heterocycles. The van der Waals surface area contributed by atoms with Crippen LogP contribution in [0.2, 0.25) is 0 Å². The van der Waals surface area contributed by atoms with Crippen LogP contribution in [0.3, 0.4) is 0 Å². The van der Waals surface area contributed by atoms with Gasteiger partial charge in [0.1, 0.15) is 6.67 Å². The maximum atomic E-state index is 12.4. The normalized spacial score (nSPS) is 12.3. The Morgan fingerprint density at radius 1 is 1.10 bits per heavy atom. The van der Waals surface area contributed by atoms with Crippen molar-refractivity contribution in [1.82, 2.24) is 10.3 Å². The number of halogens is 1. The van der Waals surface area contributed by atoms with Gasteiger partial charge in [-0.2, -0.15) is 0 Å². The van der Waals surface area contributed by atoms with Crippen LogP contribution < -0.4 is 10.1 Å². The lowest BCUT2D eigenvalue weighted by atomic mass is 10.1. The maximum absolute atomic E-state index is 12.4. The van der Waals surface area contributed by atoms with Crippen LogP contribution in [0.1, 0.15) is 21.6 Å². The van der Waals surface area contributed by atoms with Crippen molar-refractivity contribution in [2.75, 3.05) is 20.3 Å². The first-order valence-electron chi connectivity index (χ1n) is 9.05. The Bertz CT molecular complexity index is 1100. The van der Waals surface area contributed by atoms with Crippen LogP contribution in [0.5, 0.6) is 5.88 Å². The number of amides is 1. The zero-order valence-corrected chi connectivity index (χ0v) is 16.5. The molecule has 0 fully saturated rings. The zero-order valence-electron chi connectivity index (χ0n) is 15.7. The Labute approximate surface area is 172 Å². The lowest BCUT2D eigenvalue weighted by Gasteiger charge is -2.09. The number of ether oxygens (including phenoxy) is 1. The summed E-state index contributed by atoms with van der Waals surface area (Å²) in [5.74, 6) is 0.174. The van der Waals surface area contributed by atoms with Crippen LogP contribution in [-0.4, -0.2) is 36.9 Å². The highest BCUT2D eigenvalue weighted by molar-refractivity contribution is 7.99. The molecule has 5 nitrogen and oxygen atoms in total. The van der Waals surface area contributed by atoms with Gasteiger partial charge >= 0.3 is 0 Å². The quantitative estimate of drug-likeness (QED) is 0.532. The highest BCUT2D eigenvalue weighted by atomic mass is 32.2. The highest BCUT2D eigenvalue weighted by Gasteiger charge is 2.21. The average molecular weight is 407 g/mol. The first-order valence-corrected chi connectivity index (χ1v) is 9.87. The molecule has 0 saturated carbocycles. The van der Waals surface area contributed by atoms with Gasteiger partial charge < -0.3 is 10.1 Å². The van der Waals surface area contributed by atoms with E-state index in [4.69, 9.17) is 9.73 Å². The molecule has 3 aromatic rings. The van der Waals surface area contributed by atoms with E-state index in [0.717, 1.165) is 15.4 Å². The lowest BCUT2D eigenvalue weighted by molar-refractivity contribution is 0.0951. The largest absolute Gasteiger partial charge is 0.481 e. The summed E-state index contributed by atoms with van der Waals surface area (Å²) >= 11 is 1.58. The fraction of sp³-hybridized carbons (Fsp3) is 0.136. The summed E-state index contributed by atoms with van der Waals surface area (Å²) in [6.07, 6.45) is 0. The fourth-order valence-corrected chi connectivity index (χ4v) is 4.00. The topological polar surface area (TPSA) is 63.6 Å². The molecular formula is C22H18FN3O2S. The molecule has 4 rings (SSSR count). The molecule has 1 aliphatic rings. The summed E-state index contributed by atoms with van der Waals surface area (Å²) in [4.78, 5) is 23.7. The number of aliphatic imine (C=N–C) groups is 1.